The zero-order valence-electron chi connectivity index (χ0n) is 16.5. The second-order valence-corrected chi connectivity index (χ2v) is 9.71. The van der Waals surface area contributed by atoms with Crippen LogP contribution in [-0.4, -0.2) is 67.1 Å². The van der Waals surface area contributed by atoms with E-state index in [1.807, 2.05) is 11.9 Å². The number of hydrogen-bond acceptors (Lipinski definition) is 7. The molecular weight excluding hydrogens is 399 g/mol. The summed E-state index contributed by atoms with van der Waals surface area (Å²) in [5.74, 6) is 0.454. The van der Waals surface area contributed by atoms with Crippen LogP contribution in [0.5, 0.6) is 0 Å². The van der Waals surface area contributed by atoms with Gasteiger partial charge in [-0.3, -0.25) is 9.69 Å². The molecule has 1 unspecified atom stereocenters. The number of nitrogens with zero attached hydrogens (tertiary/aromatic N) is 3. The molecule has 2 heterocycles. The second kappa shape index (κ2) is 9.00. The first-order chi connectivity index (χ1) is 13.7. The van der Waals surface area contributed by atoms with Gasteiger partial charge >= 0.3 is 0 Å². The average molecular weight is 424 g/mol. The molecule has 158 valence electrons. The van der Waals surface area contributed by atoms with Crippen molar-refractivity contribution in [2.75, 3.05) is 31.6 Å². The number of benzene rings is 1. The van der Waals surface area contributed by atoms with Gasteiger partial charge < -0.3 is 9.84 Å². The van der Waals surface area contributed by atoms with Crippen LogP contribution in [0.15, 0.2) is 22.7 Å². The van der Waals surface area contributed by atoms with Crippen molar-refractivity contribution in [3.05, 3.63) is 35.5 Å². The van der Waals surface area contributed by atoms with Crippen LogP contribution in [0.25, 0.3) is 11.4 Å². The summed E-state index contributed by atoms with van der Waals surface area (Å²) < 4.78 is 41.8. The molecule has 0 radical (unpaired) electrons. The van der Waals surface area contributed by atoms with Gasteiger partial charge in [0.1, 0.15) is 5.82 Å². The zero-order valence-corrected chi connectivity index (χ0v) is 17.3. The summed E-state index contributed by atoms with van der Waals surface area (Å²) >= 11 is 0. The molecule has 8 nitrogen and oxygen atoms in total. The molecule has 0 bridgehead atoms. The third-order valence-electron chi connectivity index (χ3n) is 4.84. The molecular formula is C19H25FN4O4S. The summed E-state index contributed by atoms with van der Waals surface area (Å²) in [6, 6.07) is 4.51. The van der Waals surface area contributed by atoms with Gasteiger partial charge in [-0.05, 0) is 45.0 Å². The fourth-order valence-electron chi connectivity index (χ4n) is 3.21. The van der Waals surface area contributed by atoms with Gasteiger partial charge in [0.15, 0.2) is 9.84 Å². The quantitative estimate of drug-likeness (QED) is 0.682. The minimum Gasteiger partial charge on any atom is -0.351 e. The molecule has 1 aliphatic rings. The minimum absolute atomic E-state index is 0.0207. The number of hydrogen-bond donors (Lipinski definition) is 1. The number of amides is 1. The van der Waals surface area contributed by atoms with Crippen LogP contribution in [-0.2, 0) is 21.1 Å². The number of likely N-dealkylation sites (N-methyl/N-ethyl adjacent to an activating group) is 1. The van der Waals surface area contributed by atoms with E-state index in [9.17, 15) is 17.6 Å². The number of carbonyl (C=O) groups excluding carboxylic acids is 1. The van der Waals surface area contributed by atoms with Gasteiger partial charge in [-0.2, -0.15) is 4.98 Å². The highest BCUT2D eigenvalue weighted by Crippen LogP contribution is 2.19. The predicted molar refractivity (Wildman–Crippen MR) is 105 cm³/mol. The van der Waals surface area contributed by atoms with E-state index >= 15 is 0 Å². The molecule has 1 saturated heterocycles. The molecule has 1 atom stereocenters. The lowest BCUT2D eigenvalue weighted by Gasteiger charge is -2.17. The van der Waals surface area contributed by atoms with Crippen LogP contribution in [0.2, 0.25) is 0 Å². The van der Waals surface area contributed by atoms with E-state index in [2.05, 4.69) is 15.5 Å². The SMILES string of the molecule is Cc1ccc(-c2noc(CCCN(C)CC(=O)NC3CCS(=O)(=O)C3)n2)cc1F. The largest absolute Gasteiger partial charge is 0.351 e. The van der Waals surface area contributed by atoms with Gasteiger partial charge in [0.25, 0.3) is 0 Å². The Kier molecular flexibility index (Phi) is 6.63. The number of sulfone groups is 1. The minimum atomic E-state index is -3.01. The molecule has 0 aliphatic carbocycles. The maximum atomic E-state index is 13.7. The van der Waals surface area contributed by atoms with Crippen LogP contribution in [0.4, 0.5) is 4.39 Å². The summed E-state index contributed by atoms with van der Waals surface area (Å²) in [7, 11) is -1.19. The second-order valence-electron chi connectivity index (χ2n) is 7.48. The Morgan fingerprint density at radius 2 is 2.21 bits per heavy atom. The molecule has 0 saturated carbocycles. The lowest BCUT2D eigenvalue weighted by molar-refractivity contribution is -0.122. The molecule has 1 aromatic heterocycles. The number of halogens is 1. The maximum Gasteiger partial charge on any atom is 0.234 e. The van der Waals surface area contributed by atoms with E-state index < -0.39 is 9.84 Å². The average Bonchev–Trinajstić information content (AvgIpc) is 3.23. The normalized spacial score (nSPS) is 18.3. The fourth-order valence-corrected chi connectivity index (χ4v) is 4.89. The van der Waals surface area contributed by atoms with Gasteiger partial charge in [0.05, 0.1) is 18.1 Å². The molecule has 1 N–H and O–H groups in total. The Labute approximate surface area is 169 Å². The standard InChI is InChI=1S/C19H25FN4O4S/c1-13-5-6-14(10-16(13)20)19-22-18(28-23-19)4-3-8-24(2)11-17(25)21-15-7-9-29(26,27)12-15/h5-6,10,15H,3-4,7-9,11-12H2,1-2H3,(H,21,25). The summed E-state index contributed by atoms with van der Waals surface area (Å²) in [5.41, 5.74) is 1.12. The predicted octanol–water partition coefficient (Wildman–Crippen LogP) is 1.35. The highest BCUT2D eigenvalue weighted by molar-refractivity contribution is 7.91. The Hall–Kier alpha value is -2.33. The number of carbonyl (C=O) groups is 1. The fraction of sp³-hybridized carbons (Fsp3) is 0.526. The highest BCUT2D eigenvalue weighted by atomic mass is 32.2. The smallest absolute Gasteiger partial charge is 0.234 e. The summed E-state index contributed by atoms with van der Waals surface area (Å²) in [6.07, 6.45) is 1.71. The molecule has 1 amide bonds. The Balaban J connectivity index is 1.41. The first-order valence-corrected chi connectivity index (χ1v) is 11.3. The molecule has 10 heteroatoms. The van der Waals surface area contributed by atoms with Gasteiger partial charge in [0, 0.05) is 18.0 Å². The van der Waals surface area contributed by atoms with Crippen LogP contribution < -0.4 is 5.32 Å². The third kappa shape index (κ3) is 6.07. The molecule has 1 aliphatic heterocycles. The summed E-state index contributed by atoms with van der Waals surface area (Å²) in [4.78, 5) is 18.2. The van der Waals surface area contributed by atoms with Crippen LogP contribution in [0, 0.1) is 12.7 Å². The number of rotatable bonds is 8. The van der Waals surface area contributed by atoms with Crippen LogP contribution >= 0.6 is 0 Å². The zero-order chi connectivity index (χ0) is 21.0. The van der Waals surface area contributed by atoms with E-state index in [0.29, 0.717) is 48.6 Å². The highest BCUT2D eigenvalue weighted by Gasteiger charge is 2.28. The molecule has 2 aromatic rings. The number of aromatic nitrogens is 2. The van der Waals surface area contributed by atoms with Gasteiger partial charge in [-0.25, -0.2) is 12.8 Å². The monoisotopic (exact) mass is 424 g/mol. The molecule has 29 heavy (non-hydrogen) atoms. The van der Waals surface area contributed by atoms with Crippen molar-refractivity contribution >= 4 is 15.7 Å². The van der Waals surface area contributed by atoms with Gasteiger partial charge in [-0.15, -0.1) is 0 Å². The van der Waals surface area contributed by atoms with Crippen molar-refractivity contribution in [3.63, 3.8) is 0 Å². The third-order valence-corrected chi connectivity index (χ3v) is 6.61. The van der Waals surface area contributed by atoms with Gasteiger partial charge in [-0.1, -0.05) is 17.3 Å². The number of aryl methyl sites for hydroxylation is 2. The maximum absolute atomic E-state index is 13.7. The van der Waals surface area contributed by atoms with E-state index in [1.165, 1.54) is 6.07 Å². The van der Waals surface area contributed by atoms with E-state index in [4.69, 9.17) is 4.52 Å². The molecule has 1 aromatic carbocycles. The summed E-state index contributed by atoms with van der Waals surface area (Å²) in [6.45, 7) is 2.51. The Bertz CT molecular complexity index is 976. The first kappa shape index (κ1) is 21.4. The van der Waals surface area contributed by atoms with Crippen molar-refractivity contribution in [1.29, 1.82) is 0 Å². The Morgan fingerprint density at radius 1 is 1.41 bits per heavy atom. The van der Waals surface area contributed by atoms with Crippen molar-refractivity contribution < 1.29 is 22.1 Å². The van der Waals surface area contributed by atoms with E-state index in [1.54, 1.807) is 19.1 Å². The lowest BCUT2D eigenvalue weighted by Crippen LogP contribution is -2.41. The van der Waals surface area contributed by atoms with Crippen LogP contribution in [0.1, 0.15) is 24.3 Å². The lowest BCUT2D eigenvalue weighted by atomic mass is 10.1. The van der Waals surface area contributed by atoms with Crippen molar-refractivity contribution in [3.8, 4) is 11.4 Å². The summed E-state index contributed by atoms with van der Waals surface area (Å²) in [5, 5.41) is 6.67. The van der Waals surface area contributed by atoms with Crippen LogP contribution in [0.3, 0.4) is 0 Å². The molecule has 0 spiro atoms. The molecule has 3 rings (SSSR count). The van der Waals surface area contributed by atoms with Gasteiger partial charge in [0.2, 0.25) is 17.6 Å². The van der Waals surface area contributed by atoms with Crippen molar-refractivity contribution in [1.82, 2.24) is 20.4 Å². The van der Waals surface area contributed by atoms with E-state index in [-0.39, 0.29) is 35.8 Å². The van der Waals surface area contributed by atoms with Crippen molar-refractivity contribution in [2.24, 2.45) is 0 Å². The Morgan fingerprint density at radius 3 is 2.90 bits per heavy atom. The number of nitrogens with one attached hydrogen (secondary N) is 1. The van der Waals surface area contributed by atoms with Crippen molar-refractivity contribution in [2.45, 2.75) is 32.2 Å². The van der Waals surface area contributed by atoms with E-state index in [0.717, 1.165) is 0 Å². The topological polar surface area (TPSA) is 105 Å². The molecule has 1 fully saturated rings. The first-order valence-electron chi connectivity index (χ1n) is 9.49.